The molecule has 6 aromatic rings. The molecular formula is C44H50Cl2N12O8S2. The largest absolute Gasteiger partial charge is 0.486 e. The first-order valence-electron chi connectivity index (χ1n) is 22.6. The number of hydrogen-bond donors (Lipinski definition) is 2. The van der Waals surface area contributed by atoms with Crippen molar-refractivity contribution in [2.45, 2.75) is 60.1 Å². The fraction of sp³-hybridized carbons (Fsp3) is 0.500. The van der Waals surface area contributed by atoms with E-state index in [1.807, 2.05) is 12.1 Å². The summed E-state index contributed by atoms with van der Waals surface area (Å²) in [6.07, 6.45) is 6.20. The van der Waals surface area contributed by atoms with Crippen molar-refractivity contribution >= 4 is 88.5 Å². The van der Waals surface area contributed by atoms with Crippen molar-refractivity contribution in [3.05, 3.63) is 57.8 Å². The number of nitrogens with zero attached hydrogens (tertiary/aromatic N) is 10. The first kappa shape index (κ1) is 45.2. The zero-order chi connectivity index (χ0) is 47.3. The van der Waals surface area contributed by atoms with Crippen LogP contribution in [0.15, 0.2) is 36.4 Å². The maximum absolute atomic E-state index is 13.1. The third-order valence-corrected chi connectivity index (χ3v) is 18.7. The van der Waals surface area contributed by atoms with Crippen LogP contribution in [-0.4, -0.2) is 147 Å². The van der Waals surface area contributed by atoms with E-state index in [1.54, 1.807) is 47.5 Å². The molecule has 4 fully saturated rings. The molecule has 8 heterocycles. The van der Waals surface area contributed by atoms with E-state index in [2.05, 4.69) is 30.4 Å². The number of benzene rings is 2. The molecule has 24 heteroatoms. The summed E-state index contributed by atoms with van der Waals surface area (Å²) in [6.45, 7) is 4.25. The van der Waals surface area contributed by atoms with Crippen LogP contribution >= 0.6 is 23.2 Å². The van der Waals surface area contributed by atoms with Crippen LogP contribution in [0.3, 0.4) is 0 Å². The van der Waals surface area contributed by atoms with Crippen LogP contribution in [0.4, 0.5) is 23.5 Å². The van der Waals surface area contributed by atoms with Gasteiger partial charge in [0.15, 0.2) is 42.8 Å². The number of halogens is 2. The van der Waals surface area contributed by atoms with Gasteiger partial charge in [-0.25, -0.2) is 45.9 Å². The molecule has 0 amide bonds. The molecule has 0 unspecified atom stereocenters. The maximum atomic E-state index is 13.1. The number of ether oxygens (including phenoxy) is 4. The highest BCUT2D eigenvalue weighted by Crippen LogP contribution is 2.54. The van der Waals surface area contributed by atoms with Gasteiger partial charge in [0.2, 0.25) is 23.8 Å². The Morgan fingerprint density at radius 3 is 1.54 bits per heavy atom. The third-order valence-electron chi connectivity index (χ3n) is 14.2. The fourth-order valence-corrected chi connectivity index (χ4v) is 13.6. The Labute approximate surface area is 402 Å². The quantitative estimate of drug-likeness (QED) is 0.203. The van der Waals surface area contributed by atoms with Crippen LogP contribution in [0.1, 0.15) is 49.9 Å². The predicted octanol–water partition coefficient (Wildman–Crippen LogP) is 5.06. The van der Waals surface area contributed by atoms with Gasteiger partial charge in [0.1, 0.15) is 34.1 Å². The zero-order valence-corrected chi connectivity index (χ0v) is 41.0. The molecule has 0 bridgehead atoms. The lowest BCUT2D eigenvalue weighted by Gasteiger charge is -2.44. The van der Waals surface area contributed by atoms with E-state index in [0.29, 0.717) is 152 Å². The lowest BCUT2D eigenvalue weighted by atomic mass is 9.81. The van der Waals surface area contributed by atoms with Crippen molar-refractivity contribution in [3.8, 4) is 23.4 Å². The molecule has 2 aromatic carbocycles. The molecule has 2 N–H and O–H groups in total. The number of sulfone groups is 2. The van der Waals surface area contributed by atoms with E-state index < -0.39 is 29.2 Å². The molecule has 4 aromatic heterocycles. The second-order valence-electron chi connectivity index (χ2n) is 18.1. The van der Waals surface area contributed by atoms with E-state index in [9.17, 15) is 16.8 Å². The van der Waals surface area contributed by atoms with Gasteiger partial charge in [-0.3, -0.25) is 0 Å². The van der Waals surface area contributed by atoms with Gasteiger partial charge in [0, 0.05) is 49.7 Å². The molecule has 2 saturated carbocycles. The topological polar surface area (TPSA) is 223 Å². The molecule has 2 saturated heterocycles. The average Bonchev–Trinajstić information content (AvgIpc) is 3.84. The van der Waals surface area contributed by atoms with Crippen molar-refractivity contribution < 1.29 is 35.8 Å². The first-order valence-corrected chi connectivity index (χ1v) is 27.1. The third kappa shape index (κ3) is 7.10. The number of fused-ring (bicyclic) bond motifs is 8. The molecule has 20 nitrogen and oxygen atoms in total. The average molecular weight is 1010 g/mol. The van der Waals surface area contributed by atoms with Crippen LogP contribution in [-0.2, 0) is 38.6 Å². The molecule has 12 rings (SSSR count). The van der Waals surface area contributed by atoms with Gasteiger partial charge in [-0.2, -0.15) is 9.97 Å². The molecule has 2 atom stereocenters. The molecule has 0 radical (unpaired) electrons. The minimum Gasteiger partial charge on any atom is -0.486 e. The van der Waals surface area contributed by atoms with Gasteiger partial charge in [0.05, 0.1) is 60.6 Å². The highest BCUT2D eigenvalue weighted by atomic mass is 35.5. The van der Waals surface area contributed by atoms with Crippen molar-refractivity contribution in [2.24, 2.45) is 0 Å². The Kier molecular flexibility index (Phi) is 11.1. The Morgan fingerprint density at radius 2 is 1.07 bits per heavy atom. The monoisotopic (exact) mass is 1010 g/mol. The summed E-state index contributed by atoms with van der Waals surface area (Å²) in [5.74, 6) is 3.85. The fourth-order valence-electron chi connectivity index (χ4n) is 10.2. The van der Waals surface area contributed by atoms with Crippen LogP contribution in [0, 0.1) is 0 Å². The van der Waals surface area contributed by atoms with Gasteiger partial charge in [-0.05, 0) is 74.9 Å². The Hall–Kier alpha value is -5.26. The van der Waals surface area contributed by atoms with E-state index in [4.69, 9.17) is 62.1 Å². The number of morpholine rings is 2. The molecule has 360 valence electrons. The van der Waals surface area contributed by atoms with E-state index in [-0.39, 0.29) is 12.1 Å². The van der Waals surface area contributed by atoms with E-state index in [0.717, 1.165) is 29.4 Å². The normalized spacial score (nSPS) is 21.4. The molecule has 4 aliphatic heterocycles. The Morgan fingerprint density at radius 1 is 0.603 bits per heavy atom. The maximum Gasteiger partial charge on any atom is 0.239 e. The Bertz CT molecular complexity index is 3230. The van der Waals surface area contributed by atoms with E-state index in [1.165, 1.54) is 12.5 Å². The van der Waals surface area contributed by atoms with Crippen molar-refractivity contribution in [3.63, 3.8) is 0 Å². The van der Waals surface area contributed by atoms with Crippen molar-refractivity contribution in [1.29, 1.82) is 0 Å². The summed E-state index contributed by atoms with van der Waals surface area (Å²) in [5, 5.41) is 7.33. The van der Waals surface area contributed by atoms with Crippen LogP contribution in [0.2, 0.25) is 10.0 Å². The molecule has 6 aliphatic rings. The summed E-state index contributed by atoms with van der Waals surface area (Å²) < 4.78 is 77.3. The summed E-state index contributed by atoms with van der Waals surface area (Å²) >= 11 is 12.5. The summed E-state index contributed by atoms with van der Waals surface area (Å²) in [4.78, 5) is 33.2. The Balaban J connectivity index is 0.000000149. The van der Waals surface area contributed by atoms with Crippen molar-refractivity contribution in [1.82, 2.24) is 39.0 Å². The van der Waals surface area contributed by atoms with Crippen LogP contribution in [0.25, 0.3) is 34.0 Å². The lowest BCUT2D eigenvalue weighted by Crippen LogP contribution is -2.52. The smallest absolute Gasteiger partial charge is 0.239 e. The van der Waals surface area contributed by atoms with Crippen molar-refractivity contribution in [2.75, 3.05) is 99.8 Å². The second kappa shape index (κ2) is 16.7. The summed E-state index contributed by atoms with van der Waals surface area (Å²) in [6, 6.07) is 10.8. The summed E-state index contributed by atoms with van der Waals surface area (Å²) in [5.41, 5.74) is 3.75. The van der Waals surface area contributed by atoms with E-state index >= 15 is 0 Å². The number of nitrogens with one attached hydrogen (secondary N) is 2. The molecular weight excluding hydrogens is 960 g/mol. The van der Waals surface area contributed by atoms with Crippen LogP contribution < -0.4 is 29.9 Å². The van der Waals surface area contributed by atoms with Gasteiger partial charge in [-0.15, -0.1) is 0 Å². The van der Waals surface area contributed by atoms with Gasteiger partial charge >= 0.3 is 0 Å². The zero-order valence-electron chi connectivity index (χ0n) is 37.8. The SMILES string of the molecule is CNc1nc2cc(Cl)ccc2n1-c1nc2c(c(C3(S(C)(=O)=O)CCC3)n1)OC[C@@H]1COCCN21.CNc1nc2ccc(Cl)cc2n1-c1nc2c(c(C3(S(C)(=O)=O)CCC3)n1)OC[C@@H]1COCCN21. The highest BCUT2D eigenvalue weighted by molar-refractivity contribution is 7.92. The number of imidazole rings is 2. The molecule has 0 spiro atoms. The molecule has 68 heavy (non-hydrogen) atoms. The number of hydrogen-bond acceptors (Lipinski definition) is 18. The second-order valence-corrected chi connectivity index (χ2v) is 23.6. The van der Waals surface area contributed by atoms with Gasteiger partial charge < -0.3 is 39.4 Å². The van der Waals surface area contributed by atoms with Gasteiger partial charge in [-0.1, -0.05) is 23.2 Å². The number of anilines is 4. The standard InChI is InChI=1S/2C22H25ClN6O4S/c1-24-20-25-15-10-13(23)4-5-16(15)29(20)21-26-18(22(6-3-7-22)34(2,30)31)17-19(27-21)28-8-9-32-11-14(28)12-33-17;1-24-20-25-15-5-4-13(23)10-16(15)29(20)21-26-18(22(6-3-7-22)34(2,30)31)17-19(27-21)28-8-9-32-11-14(28)12-33-17/h2*4-5,10,14H,3,6-9,11-12H2,1-2H3,(H,24,25)/t2*14-/m00/s1. The number of aromatic nitrogens is 8. The first-order chi connectivity index (χ1) is 32.6. The minimum atomic E-state index is -3.47. The predicted molar refractivity (Wildman–Crippen MR) is 258 cm³/mol. The highest BCUT2D eigenvalue weighted by Gasteiger charge is 2.54. The number of rotatable bonds is 8. The summed E-state index contributed by atoms with van der Waals surface area (Å²) in [7, 11) is -3.40. The lowest BCUT2D eigenvalue weighted by molar-refractivity contribution is 0.0686. The van der Waals surface area contributed by atoms with Crippen LogP contribution in [0.5, 0.6) is 11.5 Å². The molecule has 2 aliphatic carbocycles. The van der Waals surface area contributed by atoms with Gasteiger partial charge in [0.25, 0.3) is 0 Å². The minimum absolute atomic E-state index is 0.00479.